The first-order valence-electron chi connectivity index (χ1n) is 5.53. The molecule has 1 aliphatic heterocycles. The summed E-state index contributed by atoms with van der Waals surface area (Å²) in [5, 5.41) is 12.2. The number of aromatic hydroxyl groups is 1. The Morgan fingerprint density at radius 3 is 2.94 bits per heavy atom. The molecule has 2 N–H and O–H groups in total. The van der Waals surface area contributed by atoms with Gasteiger partial charge in [0.1, 0.15) is 5.75 Å². The van der Waals surface area contributed by atoms with Crippen molar-refractivity contribution < 1.29 is 19.4 Å². The number of nitrogens with one attached hydrogen (secondary N) is 1. The van der Waals surface area contributed by atoms with Crippen LogP contribution in [0.2, 0.25) is 0 Å². The quantitative estimate of drug-likeness (QED) is 0.805. The predicted octanol–water partition coefficient (Wildman–Crippen LogP) is 0.537. The summed E-state index contributed by atoms with van der Waals surface area (Å²) in [7, 11) is 0. The molecule has 1 saturated heterocycles. The Labute approximate surface area is 99.3 Å². The Morgan fingerprint density at radius 2 is 2.24 bits per heavy atom. The first kappa shape index (κ1) is 11.9. The van der Waals surface area contributed by atoms with Gasteiger partial charge in [-0.25, -0.2) is 0 Å². The summed E-state index contributed by atoms with van der Waals surface area (Å²) in [5.74, 6) is -0.330. The summed E-state index contributed by atoms with van der Waals surface area (Å²) in [6, 6.07) is 6.43. The van der Waals surface area contributed by atoms with Crippen molar-refractivity contribution in [2.45, 2.75) is 6.10 Å². The summed E-state index contributed by atoms with van der Waals surface area (Å²) in [6.45, 7) is 2.02. The molecule has 1 fully saturated rings. The van der Waals surface area contributed by atoms with E-state index in [-0.39, 0.29) is 23.3 Å². The van der Waals surface area contributed by atoms with E-state index in [0.717, 1.165) is 0 Å². The summed E-state index contributed by atoms with van der Waals surface area (Å²) in [4.78, 5) is 11.7. The van der Waals surface area contributed by atoms with E-state index in [4.69, 9.17) is 9.47 Å². The highest BCUT2D eigenvalue weighted by atomic mass is 16.6. The first-order valence-corrected chi connectivity index (χ1v) is 5.53. The number of carbonyl (C=O) groups excluding carboxylic acids is 1. The van der Waals surface area contributed by atoms with Crippen molar-refractivity contribution in [3.05, 3.63) is 29.8 Å². The zero-order chi connectivity index (χ0) is 12.1. The van der Waals surface area contributed by atoms with Crippen LogP contribution in [0.15, 0.2) is 24.3 Å². The molecule has 2 rings (SSSR count). The van der Waals surface area contributed by atoms with Gasteiger partial charge in [-0.2, -0.15) is 0 Å². The maximum Gasteiger partial charge on any atom is 0.255 e. The Morgan fingerprint density at radius 1 is 1.41 bits per heavy atom. The fourth-order valence-corrected chi connectivity index (χ4v) is 1.62. The molecule has 5 heteroatoms. The molecular formula is C12H15NO4. The molecule has 0 radical (unpaired) electrons. The van der Waals surface area contributed by atoms with Gasteiger partial charge in [0.15, 0.2) is 0 Å². The molecule has 0 bridgehead atoms. The topological polar surface area (TPSA) is 67.8 Å². The van der Waals surface area contributed by atoms with Gasteiger partial charge in [-0.3, -0.25) is 4.79 Å². The van der Waals surface area contributed by atoms with Crippen molar-refractivity contribution in [1.29, 1.82) is 0 Å². The van der Waals surface area contributed by atoms with E-state index in [1.165, 1.54) is 6.07 Å². The zero-order valence-corrected chi connectivity index (χ0v) is 9.39. The second-order valence-electron chi connectivity index (χ2n) is 3.79. The largest absolute Gasteiger partial charge is 0.507 e. The Hall–Kier alpha value is -1.59. The van der Waals surface area contributed by atoms with Gasteiger partial charge >= 0.3 is 0 Å². The molecule has 1 amide bonds. The van der Waals surface area contributed by atoms with Crippen LogP contribution in [-0.2, 0) is 9.47 Å². The molecule has 92 valence electrons. The third-order valence-electron chi connectivity index (χ3n) is 2.52. The number of hydrogen-bond donors (Lipinski definition) is 2. The number of phenolic OH excluding ortho intramolecular Hbond substituents is 1. The first-order chi connectivity index (χ1) is 8.27. The van der Waals surface area contributed by atoms with E-state index in [0.29, 0.717) is 26.4 Å². The normalized spacial score (nSPS) is 19.9. The second kappa shape index (κ2) is 5.65. The number of ether oxygens (including phenoxy) is 2. The van der Waals surface area contributed by atoms with Crippen LogP contribution in [0.25, 0.3) is 0 Å². The van der Waals surface area contributed by atoms with Crippen LogP contribution in [0.3, 0.4) is 0 Å². The highest BCUT2D eigenvalue weighted by molar-refractivity contribution is 5.96. The Balaban J connectivity index is 1.87. The van der Waals surface area contributed by atoms with Crippen LogP contribution in [0.4, 0.5) is 0 Å². The third-order valence-corrected chi connectivity index (χ3v) is 2.52. The Bertz CT molecular complexity index is 388. The van der Waals surface area contributed by atoms with Crippen molar-refractivity contribution in [1.82, 2.24) is 5.32 Å². The number of benzene rings is 1. The molecule has 1 aromatic carbocycles. The number of carbonyl (C=O) groups is 1. The van der Waals surface area contributed by atoms with Crippen LogP contribution < -0.4 is 5.32 Å². The Kier molecular flexibility index (Phi) is 3.95. The fourth-order valence-electron chi connectivity index (χ4n) is 1.62. The molecule has 0 aliphatic carbocycles. The maximum absolute atomic E-state index is 11.7. The summed E-state index contributed by atoms with van der Waals surface area (Å²) in [6.07, 6.45) is -0.112. The van der Waals surface area contributed by atoms with Gasteiger partial charge in [0.25, 0.3) is 5.91 Å². The lowest BCUT2D eigenvalue weighted by atomic mass is 10.2. The van der Waals surface area contributed by atoms with Crippen LogP contribution in [0.1, 0.15) is 10.4 Å². The minimum atomic E-state index is -0.308. The number of phenols is 1. The standard InChI is InChI=1S/C12H15NO4/c14-11-4-2-1-3-10(11)12(15)13-7-9-8-16-5-6-17-9/h1-4,9,14H,5-8H2,(H,13,15). The average molecular weight is 237 g/mol. The number of hydrogen-bond acceptors (Lipinski definition) is 4. The van der Waals surface area contributed by atoms with Crippen LogP contribution in [0.5, 0.6) is 5.75 Å². The SMILES string of the molecule is O=C(NCC1COCCO1)c1ccccc1O. The van der Waals surface area contributed by atoms with Crippen LogP contribution in [0, 0.1) is 0 Å². The van der Waals surface area contributed by atoms with Crippen molar-refractivity contribution in [2.75, 3.05) is 26.4 Å². The van der Waals surface area contributed by atoms with E-state index in [9.17, 15) is 9.90 Å². The number of amides is 1. The molecule has 1 atom stereocenters. The molecule has 1 aliphatic rings. The van der Waals surface area contributed by atoms with Crippen molar-refractivity contribution in [3.8, 4) is 5.75 Å². The molecule has 5 nitrogen and oxygen atoms in total. The smallest absolute Gasteiger partial charge is 0.255 e. The molecule has 0 aromatic heterocycles. The predicted molar refractivity (Wildman–Crippen MR) is 61.0 cm³/mol. The summed E-state index contributed by atoms with van der Waals surface area (Å²) < 4.78 is 10.6. The highest BCUT2D eigenvalue weighted by Gasteiger charge is 2.16. The van der Waals surface area contributed by atoms with Crippen molar-refractivity contribution in [3.63, 3.8) is 0 Å². The maximum atomic E-state index is 11.7. The van der Waals surface area contributed by atoms with E-state index in [2.05, 4.69) is 5.32 Å². The molecule has 1 aromatic rings. The van der Waals surface area contributed by atoms with E-state index in [1.54, 1.807) is 18.2 Å². The molecule has 1 heterocycles. The van der Waals surface area contributed by atoms with Crippen LogP contribution >= 0.6 is 0 Å². The van der Waals surface area contributed by atoms with Gasteiger partial charge in [0, 0.05) is 6.54 Å². The van der Waals surface area contributed by atoms with Gasteiger partial charge in [-0.15, -0.1) is 0 Å². The molecule has 1 unspecified atom stereocenters. The number of rotatable bonds is 3. The van der Waals surface area contributed by atoms with E-state index in [1.807, 2.05) is 0 Å². The minimum Gasteiger partial charge on any atom is -0.507 e. The van der Waals surface area contributed by atoms with Gasteiger partial charge in [-0.05, 0) is 12.1 Å². The van der Waals surface area contributed by atoms with Crippen molar-refractivity contribution in [2.24, 2.45) is 0 Å². The van der Waals surface area contributed by atoms with Crippen molar-refractivity contribution >= 4 is 5.91 Å². The van der Waals surface area contributed by atoms with Gasteiger partial charge in [0.05, 0.1) is 31.5 Å². The summed E-state index contributed by atoms with van der Waals surface area (Å²) in [5.41, 5.74) is 0.268. The highest BCUT2D eigenvalue weighted by Crippen LogP contribution is 2.15. The fraction of sp³-hybridized carbons (Fsp3) is 0.417. The molecule has 0 spiro atoms. The van der Waals surface area contributed by atoms with Crippen LogP contribution in [-0.4, -0.2) is 43.5 Å². The summed E-state index contributed by atoms with van der Waals surface area (Å²) >= 11 is 0. The van der Waals surface area contributed by atoms with Gasteiger partial charge < -0.3 is 19.9 Å². The van der Waals surface area contributed by atoms with Gasteiger partial charge in [0.2, 0.25) is 0 Å². The number of para-hydroxylation sites is 1. The second-order valence-corrected chi connectivity index (χ2v) is 3.79. The monoisotopic (exact) mass is 237 g/mol. The molecular weight excluding hydrogens is 222 g/mol. The average Bonchev–Trinajstić information content (AvgIpc) is 2.38. The van der Waals surface area contributed by atoms with E-state index >= 15 is 0 Å². The van der Waals surface area contributed by atoms with E-state index < -0.39 is 0 Å². The lowest BCUT2D eigenvalue weighted by Gasteiger charge is -2.23. The lowest BCUT2D eigenvalue weighted by molar-refractivity contribution is -0.0855. The molecule has 0 saturated carbocycles. The molecule has 17 heavy (non-hydrogen) atoms. The zero-order valence-electron chi connectivity index (χ0n) is 9.39. The third kappa shape index (κ3) is 3.18. The lowest BCUT2D eigenvalue weighted by Crippen LogP contribution is -2.39. The minimum absolute atomic E-state index is 0.0224. The van der Waals surface area contributed by atoms with Gasteiger partial charge in [-0.1, -0.05) is 12.1 Å².